The molecule has 0 saturated heterocycles. The molecular weight excluding hydrogens is 334 g/mol. The zero-order chi connectivity index (χ0) is 14.1. The molecule has 0 aliphatic carbocycles. The van der Waals surface area contributed by atoms with Crippen molar-refractivity contribution in [2.45, 2.75) is 6.54 Å². The normalized spacial score (nSPS) is 12.7. The van der Waals surface area contributed by atoms with Crippen molar-refractivity contribution in [1.29, 1.82) is 0 Å². The van der Waals surface area contributed by atoms with Crippen molar-refractivity contribution in [3.8, 4) is 0 Å². The summed E-state index contributed by atoms with van der Waals surface area (Å²) in [5, 5.41) is 0. The van der Waals surface area contributed by atoms with Crippen molar-refractivity contribution in [2.75, 3.05) is 0 Å². The number of hydrogen-bond acceptors (Lipinski definition) is 0. The average molecular weight is 350 g/mol. The van der Waals surface area contributed by atoms with Crippen LogP contribution in [0.15, 0.2) is 85.1 Å². The minimum Gasteiger partial charge on any atom is -1.00 e. The maximum Gasteiger partial charge on any atom is 0.213 e. The largest absolute Gasteiger partial charge is 1.00 e. The van der Waals surface area contributed by atoms with Crippen molar-refractivity contribution in [2.24, 2.45) is 0 Å². The van der Waals surface area contributed by atoms with Crippen molar-refractivity contribution < 1.29 is 21.5 Å². The zero-order valence-electron chi connectivity index (χ0n) is 12.1. The first-order chi connectivity index (χ1) is 10.4. The van der Waals surface area contributed by atoms with Crippen LogP contribution in [0.5, 0.6) is 0 Å². The molecule has 0 fully saturated rings. The molecule has 22 heavy (non-hydrogen) atoms. The predicted molar refractivity (Wildman–Crippen MR) is 85.4 cm³/mol. The molecule has 2 heterocycles. The lowest BCUT2D eigenvalue weighted by Gasteiger charge is -2.04. The lowest BCUT2D eigenvalue weighted by Crippen LogP contribution is -3.00. The quantitative estimate of drug-likeness (QED) is 0.606. The Morgan fingerprint density at radius 1 is 0.636 bits per heavy atom. The van der Waals surface area contributed by atoms with E-state index in [-0.39, 0.29) is 17.0 Å². The number of pyridine rings is 1. The molecule has 1 nitrogen and oxygen atoms in total. The van der Waals surface area contributed by atoms with E-state index >= 15 is 0 Å². The van der Waals surface area contributed by atoms with Gasteiger partial charge in [-0.3, -0.25) is 0 Å². The van der Waals surface area contributed by atoms with E-state index in [0.29, 0.717) is 0 Å². The SMILES string of the molecule is [Br-].c1ccc(C2=C(c3ccccc3)c3cccc[n+]3C2)cc1. The van der Waals surface area contributed by atoms with Crippen LogP contribution < -0.4 is 21.5 Å². The molecule has 1 aliphatic rings. The molecule has 2 heteroatoms. The summed E-state index contributed by atoms with van der Waals surface area (Å²) >= 11 is 0. The summed E-state index contributed by atoms with van der Waals surface area (Å²) in [7, 11) is 0. The molecule has 0 saturated carbocycles. The van der Waals surface area contributed by atoms with Crippen LogP contribution in [0.4, 0.5) is 0 Å². The third-order valence-electron chi connectivity index (χ3n) is 4.01. The van der Waals surface area contributed by atoms with Crippen LogP contribution in [0, 0.1) is 0 Å². The van der Waals surface area contributed by atoms with E-state index in [1.54, 1.807) is 0 Å². The molecule has 0 N–H and O–H groups in total. The Bertz CT molecular complexity index is 807. The molecule has 3 aromatic rings. The first kappa shape index (κ1) is 14.7. The minimum atomic E-state index is 0. The standard InChI is InChI=1S/C20H16N.BrH/c1-3-9-16(10-4-1)18-15-21-14-8-7-13-19(21)20(18)17-11-5-2-6-12-17;/h1-14H,15H2;1H/q+1;/p-1. The highest BCUT2D eigenvalue weighted by atomic mass is 79.9. The average Bonchev–Trinajstić information content (AvgIpc) is 2.96. The number of aromatic nitrogens is 1. The second-order valence-corrected chi connectivity index (χ2v) is 5.30. The van der Waals surface area contributed by atoms with Gasteiger partial charge in [0.2, 0.25) is 5.69 Å². The molecular formula is C20H16BrN. The Kier molecular flexibility index (Phi) is 4.21. The highest BCUT2D eigenvalue weighted by Crippen LogP contribution is 2.34. The Morgan fingerprint density at radius 3 is 1.91 bits per heavy atom. The summed E-state index contributed by atoms with van der Waals surface area (Å²) < 4.78 is 2.32. The van der Waals surface area contributed by atoms with Crippen LogP contribution >= 0.6 is 0 Å². The maximum atomic E-state index is 2.32. The molecule has 0 spiro atoms. The summed E-state index contributed by atoms with van der Waals surface area (Å²) in [6, 6.07) is 27.8. The van der Waals surface area contributed by atoms with E-state index in [9.17, 15) is 0 Å². The molecule has 0 bridgehead atoms. The topological polar surface area (TPSA) is 3.88 Å². The second kappa shape index (κ2) is 6.29. The van der Waals surface area contributed by atoms with Gasteiger partial charge in [-0.2, -0.15) is 4.57 Å². The summed E-state index contributed by atoms with van der Waals surface area (Å²) in [6.45, 7) is 0.935. The molecule has 2 aromatic carbocycles. The van der Waals surface area contributed by atoms with Gasteiger partial charge in [0.05, 0.1) is 5.57 Å². The van der Waals surface area contributed by atoms with Crippen molar-refractivity contribution in [3.63, 3.8) is 0 Å². The number of rotatable bonds is 2. The van der Waals surface area contributed by atoms with Crippen molar-refractivity contribution >= 4 is 11.1 Å². The van der Waals surface area contributed by atoms with E-state index in [4.69, 9.17) is 0 Å². The van der Waals surface area contributed by atoms with Gasteiger partial charge in [-0.05, 0) is 17.2 Å². The van der Waals surface area contributed by atoms with E-state index in [0.717, 1.165) is 6.54 Å². The highest BCUT2D eigenvalue weighted by molar-refractivity contribution is 5.97. The monoisotopic (exact) mass is 349 g/mol. The molecule has 0 atom stereocenters. The lowest BCUT2D eigenvalue weighted by molar-refractivity contribution is -0.682. The highest BCUT2D eigenvalue weighted by Gasteiger charge is 2.29. The van der Waals surface area contributed by atoms with Gasteiger partial charge in [-0.15, -0.1) is 0 Å². The molecule has 0 unspecified atom stereocenters. The fourth-order valence-corrected chi connectivity index (χ4v) is 3.05. The number of fused-ring (bicyclic) bond motifs is 1. The summed E-state index contributed by atoms with van der Waals surface area (Å²) in [5.41, 5.74) is 6.63. The van der Waals surface area contributed by atoms with Gasteiger partial charge in [-0.1, -0.05) is 60.7 Å². The third-order valence-corrected chi connectivity index (χ3v) is 4.01. The first-order valence-corrected chi connectivity index (χ1v) is 7.26. The van der Waals surface area contributed by atoms with Crippen molar-refractivity contribution in [3.05, 3.63) is 102 Å². The van der Waals surface area contributed by atoms with Gasteiger partial charge in [0.15, 0.2) is 12.7 Å². The molecule has 0 radical (unpaired) electrons. The fraction of sp³-hybridized carbons (Fsp3) is 0.0500. The summed E-state index contributed by atoms with van der Waals surface area (Å²) in [4.78, 5) is 0. The first-order valence-electron chi connectivity index (χ1n) is 7.26. The molecule has 1 aromatic heterocycles. The zero-order valence-corrected chi connectivity index (χ0v) is 13.7. The fourth-order valence-electron chi connectivity index (χ4n) is 3.05. The molecule has 108 valence electrons. The Labute approximate surface area is 141 Å². The second-order valence-electron chi connectivity index (χ2n) is 5.30. The van der Waals surface area contributed by atoms with E-state index in [1.807, 2.05) is 0 Å². The molecule has 1 aliphatic heterocycles. The Hall–Kier alpha value is -2.19. The van der Waals surface area contributed by atoms with Gasteiger partial charge in [0, 0.05) is 17.7 Å². The number of allylic oxidation sites excluding steroid dienone is 1. The van der Waals surface area contributed by atoms with Crippen LogP contribution in [0.3, 0.4) is 0 Å². The van der Waals surface area contributed by atoms with Crippen LogP contribution in [0.25, 0.3) is 11.1 Å². The number of nitrogens with zero attached hydrogens (tertiary/aromatic N) is 1. The van der Waals surface area contributed by atoms with Crippen LogP contribution in [-0.4, -0.2) is 0 Å². The molecule has 0 amide bonds. The number of hydrogen-bond donors (Lipinski definition) is 0. The van der Waals surface area contributed by atoms with E-state index in [2.05, 4.69) is 89.6 Å². The summed E-state index contributed by atoms with van der Waals surface area (Å²) in [6.07, 6.45) is 2.16. The predicted octanol–water partition coefficient (Wildman–Crippen LogP) is 0.951. The van der Waals surface area contributed by atoms with Gasteiger partial charge < -0.3 is 17.0 Å². The van der Waals surface area contributed by atoms with Gasteiger partial charge in [0.25, 0.3) is 0 Å². The number of benzene rings is 2. The van der Waals surface area contributed by atoms with Gasteiger partial charge in [0.1, 0.15) is 0 Å². The van der Waals surface area contributed by atoms with Crippen molar-refractivity contribution in [1.82, 2.24) is 0 Å². The third kappa shape index (κ3) is 2.51. The summed E-state index contributed by atoms with van der Waals surface area (Å²) in [5.74, 6) is 0. The van der Waals surface area contributed by atoms with Gasteiger partial charge in [-0.25, -0.2) is 0 Å². The molecule has 4 rings (SSSR count). The van der Waals surface area contributed by atoms with Crippen LogP contribution in [0.2, 0.25) is 0 Å². The lowest BCUT2D eigenvalue weighted by atomic mass is 9.95. The number of halogens is 1. The van der Waals surface area contributed by atoms with E-state index < -0.39 is 0 Å². The Balaban J connectivity index is 0.00000144. The van der Waals surface area contributed by atoms with Crippen LogP contribution in [-0.2, 0) is 6.54 Å². The van der Waals surface area contributed by atoms with E-state index in [1.165, 1.54) is 28.0 Å². The Morgan fingerprint density at radius 2 is 1.23 bits per heavy atom. The minimum absolute atomic E-state index is 0. The maximum absolute atomic E-state index is 2.32. The van der Waals surface area contributed by atoms with Gasteiger partial charge >= 0.3 is 0 Å². The smallest absolute Gasteiger partial charge is 0.213 e. The van der Waals surface area contributed by atoms with Crippen LogP contribution in [0.1, 0.15) is 16.8 Å².